The first-order valence-electron chi connectivity index (χ1n) is 12.6. The molecule has 0 N–H and O–H groups in total. The van der Waals surface area contributed by atoms with E-state index in [4.69, 9.17) is 13.3 Å². The van der Waals surface area contributed by atoms with Crippen molar-refractivity contribution in [3.63, 3.8) is 0 Å². The van der Waals surface area contributed by atoms with Crippen LogP contribution in [0.15, 0.2) is 0 Å². The molecule has 0 saturated heterocycles. The predicted molar refractivity (Wildman–Crippen MR) is 124 cm³/mol. The van der Waals surface area contributed by atoms with Gasteiger partial charge >= 0.3 is 9.53 Å². The fourth-order valence-corrected chi connectivity index (χ4v) is 4.42. The van der Waals surface area contributed by atoms with Crippen molar-refractivity contribution in [2.45, 2.75) is 136 Å². The quantitative estimate of drug-likeness (QED) is 0.118. The number of unbranched alkanes of at least 4 members (excludes halogenated alkanes) is 15. The average Bonchev–Trinajstić information content (AvgIpc) is 2.71. The van der Waals surface area contributed by atoms with E-state index in [0.29, 0.717) is 0 Å². The minimum atomic E-state index is -1.54. The average molecular weight is 416 g/mol. The maximum absolute atomic E-state index is 6.00. The van der Waals surface area contributed by atoms with Gasteiger partial charge in [-0.05, 0) is 19.3 Å². The second-order valence-corrected chi connectivity index (χ2v) is 9.46. The third-order valence-electron chi connectivity index (χ3n) is 5.15. The van der Waals surface area contributed by atoms with Gasteiger partial charge in [0.15, 0.2) is 0 Å². The zero-order valence-electron chi connectivity index (χ0n) is 19.6. The topological polar surface area (TPSA) is 27.7 Å². The molecule has 0 atom stereocenters. The minimum absolute atomic E-state index is 0.799. The number of rotatable bonds is 24. The van der Waals surface area contributed by atoms with Crippen LogP contribution in [0.3, 0.4) is 0 Å². The second-order valence-electron chi connectivity index (χ2n) is 8.10. The molecular formula is C24H51O3Si. The minimum Gasteiger partial charge on any atom is -0.371 e. The molecule has 0 heterocycles. The molecule has 0 saturated carbocycles. The normalized spacial score (nSPS) is 11.6. The van der Waals surface area contributed by atoms with Gasteiger partial charge in [-0.25, -0.2) is 0 Å². The Hall–Kier alpha value is 0.0969. The molecule has 1 radical (unpaired) electrons. The summed E-state index contributed by atoms with van der Waals surface area (Å²) < 4.78 is 18.0. The van der Waals surface area contributed by atoms with E-state index in [1.54, 1.807) is 0 Å². The summed E-state index contributed by atoms with van der Waals surface area (Å²) in [6.07, 6.45) is 23.3. The highest BCUT2D eigenvalue weighted by Gasteiger charge is 2.18. The van der Waals surface area contributed by atoms with Crippen molar-refractivity contribution < 1.29 is 13.3 Å². The van der Waals surface area contributed by atoms with Crippen LogP contribution in [0.4, 0.5) is 0 Å². The summed E-state index contributed by atoms with van der Waals surface area (Å²) in [4.78, 5) is 0. The molecule has 0 aromatic heterocycles. The van der Waals surface area contributed by atoms with Gasteiger partial charge in [-0.1, -0.05) is 117 Å². The molecule has 0 aliphatic heterocycles. The van der Waals surface area contributed by atoms with Crippen LogP contribution in [0.1, 0.15) is 136 Å². The van der Waals surface area contributed by atoms with E-state index in [2.05, 4.69) is 20.8 Å². The number of hydrogen-bond acceptors (Lipinski definition) is 3. The molecule has 0 fully saturated rings. The summed E-state index contributed by atoms with van der Waals surface area (Å²) >= 11 is 0. The van der Waals surface area contributed by atoms with Crippen molar-refractivity contribution in [2.24, 2.45) is 0 Å². The van der Waals surface area contributed by atoms with E-state index in [1.807, 2.05) is 0 Å². The summed E-state index contributed by atoms with van der Waals surface area (Å²) in [6.45, 7) is 9.19. The van der Waals surface area contributed by atoms with Crippen molar-refractivity contribution >= 4 is 9.53 Å². The zero-order valence-corrected chi connectivity index (χ0v) is 20.6. The molecule has 0 aliphatic rings. The molecule has 0 unspecified atom stereocenters. The van der Waals surface area contributed by atoms with Crippen LogP contribution in [0, 0.1) is 0 Å². The molecule has 3 nitrogen and oxygen atoms in total. The first-order chi connectivity index (χ1) is 13.8. The Morgan fingerprint density at radius 1 is 0.357 bits per heavy atom. The lowest BCUT2D eigenvalue weighted by Crippen LogP contribution is -2.28. The molecular weight excluding hydrogens is 364 g/mol. The lowest BCUT2D eigenvalue weighted by Gasteiger charge is -2.15. The van der Waals surface area contributed by atoms with Gasteiger partial charge in [-0.2, -0.15) is 0 Å². The van der Waals surface area contributed by atoms with Crippen LogP contribution >= 0.6 is 0 Å². The molecule has 0 aromatic rings. The van der Waals surface area contributed by atoms with Crippen LogP contribution < -0.4 is 0 Å². The van der Waals surface area contributed by atoms with E-state index in [0.717, 1.165) is 39.1 Å². The van der Waals surface area contributed by atoms with Gasteiger partial charge < -0.3 is 13.3 Å². The highest BCUT2D eigenvalue weighted by atomic mass is 28.3. The summed E-state index contributed by atoms with van der Waals surface area (Å²) in [5, 5.41) is 0. The van der Waals surface area contributed by atoms with Crippen molar-refractivity contribution in [1.82, 2.24) is 0 Å². The van der Waals surface area contributed by atoms with E-state index in [-0.39, 0.29) is 0 Å². The van der Waals surface area contributed by atoms with E-state index in [9.17, 15) is 0 Å². The summed E-state index contributed by atoms with van der Waals surface area (Å²) in [6, 6.07) is 0. The van der Waals surface area contributed by atoms with Crippen molar-refractivity contribution in [3.05, 3.63) is 0 Å². The fourth-order valence-electron chi connectivity index (χ4n) is 3.24. The van der Waals surface area contributed by atoms with Crippen molar-refractivity contribution in [1.29, 1.82) is 0 Å². The van der Waals surface area contributed by atoms with Gasteiger partial charge in [0.25, 0.3) is 0 Å². The summed E-state index contributed by atoms with van der Waals surface area (Å²) in [5.74, 6) is 0. The molecule has 28 heavy (non-hydrogen) atoms. The Bertz CT molecular complexity index is 234. The molecule has 0 spiro atoms. The standard InChI is InChI=1S/C24H51O3Si/c1-4-7-10-13-16-19-22-25-28(26-23-20-17-14-11-8-5-2)27-24-21-18-15-12-9-6-3/h4-24H2,1-3H3. The third-order valence-corrected chi connectivity index (χ3v) is 6.47. The monoisotopic (exact) mass is 415 g/mol. The van der Waals surface area contributed by atoms with E-state index in [1.165, 1.54) is 96.3 Å². The summed E-state index contributed by atoms with van der Waals surface area (Å²) in [7, 11) is -1.54. The Balaban J connectivity index is 3.80. The highest BCUT2D eigenvalue weighted by Crippen LogP contribution is 2.09. The van der Waals surface area contributed by atoms with Crippen LogP contribution in [0.5, 0.6) is 0 Å². The fraction of sp³-hybridized carbons (Fsp3) is 1.00. The second kappa shape index (κ2) is 25.1. The van der Waals surface area contributed by atoms with Crippen molar-refractivity contribution in [2.75, 3.05) is 19.8 Å². The van der Waals surface area contributed by atoms with Gasteiger partial charge in [0.2, 0.25) is 0 Å². The Morgan fingerprint density at radius 3 is 0.893 bits per heavy atom. The van der Waals surface area contributed by atoms with E-state index >= 15 is 0 Å². The van der Waals surface area contributed by atoms with Crippen LogP contribution in [-0.2, 0) is 13.3 Å². The van der Waals surface area contributed by atoms with Gasteiger partial charge in [-0.15, -0.1) is 0 Å². The molecule has 0 amide bonds. The van der Waals surface area contributed by atoms with Crippen LogP contribution in [-0.4, -0.2) is 29.3 Å². The van der Waals surface area contributed by atoms with Crippen LogP contribution in [0.2, 0.25) is 0 Å². The van der Waals surface area contributed by atoms with E-state index < -0.39 is 9.53 Å². The highest BCUT2D eigenvalue weighted by molar-refractivity contribution is 6.36. The van der Waals surface area contributed by atoms with Gasteiger partial charge in [0, 0.05) is 19.8 Å². The molecule has 0 aromatic carbocycles. The lowest BCUT2D eigenvalue weighted by atomic mass is 10.1. The smallest absolute Gasteiger partial charge is 0.371 e. The largest absolute Gasteiger partial charge is 0.577 e. The SMILES string of the molecule is CCCCCCCCO[Si](OCCCCCCCC)OCCCCCCCC. The maximum Gasteiger partial charge on any atom is 0.577 e. The Morgan fingerprint density at radius 2 is 0.607 bits per heavy atom. The molecule has 0 aliphatic carbocycles. The Kier molecular flexibility index (Phi) is 25.2. The number of hydrogen-bond donors (Lipinski definition) is 0. The zero-order chi connectivity index (χ0) is 20.5. The Labute approximate surface area is 179 Å². The molecule has 0 rings (SSSR count). The van der Waals surface area contributed by atoms with Gasteiger partial charge in [0.1, 0.15) is 0 Å². The molecule has 169 valence electrons. The molecule has 4 heteroatoms. The van der Waals surface area contributed by atoms with Gasteiger partial charge in [0.05, 0.1) is 0 Å². The van der Waals surface area contributed by atoms with Crippen molar-refractivity contribution in [3.8, 4) is 0 Å². The van der Waals surface area contributed by atoms with Crippen LogP contribution in [0.25, 0.3) is 0 Å². The molecule has 0 bridgehead atoms. The third kappa shape index (κ3) is 22.4. The maximum atomic E-state index is 6.00. The summed E-state index contributed by atoms with van der Waals surface area (Å²) in [5.41, 5.74) is 0. The predicted octanol–water partition coefficient (Wildman–Crippen LogP) is 8.10. The lowest BCUT2D eigenvalue weighted by molar-refractivity contribution is 0.0885. The first-order valence-corrected chi connectivity index (χ1v) is 13.8. The van der Waals surface area contributed by atoms with Gasteiger partial charge in [-0.3, -0.25) is 0 Å². The first kappa shape index (κ1) is 28.1.